The van der Waals surface area contributed by atoms with Gasteiger partial charge in [0.15, 0.2) is 0 Å². The second-order valence-electron chi connectivity index (χ2n) is 4.13. The highest BCUT2D eigenvalue weighted by Gasteiger charge is 2.10. The zero-order chi connectivity index (χ0) is 14.5. The lowest BCUT2D eigenvalue weighted by Crippen LogP contribution is -2.12. The first-order chi connectivity index (χ1) is 9.63. The first kappa shape index (κ1) is 14.4. The highest BCUT2D eigenvalue weighted by atomic mass is 79.9. The summed E-state index contributed by atoms with van der Waals surface area (Å²) in [7, 11) is 3.40. The quantitative estimate of drug-likeness (QED) is 0.895. The van der Waals surface area contributed by atoms with Gasteiger partial charge < -0.3 is 15.4 Å². The Morgan fingerprint density at radius 2 is 1.85 bits per heavy atom. The van der Waals surface area contributed by atoms with Gasteiger partial charge in [0.25, 0.3) is 5.91 Å². The average molecular weight is 335 g/mol. The number of nitrogens with one attached hydrogen (secondary N) is 2. The number of hydrogen-bond donors (Lipinski definition) is 2. The van der Waals surface area contributed by atoms with Gasteiger partial charge in [0.2, 0.25) is 0 Å². The van der Waals surface area contributed by atoms with Crippen molar-refractivity contribution in [3.8, 4) is 5.75 Å². The van der Waals surface area contributed by atoms with E-state index >= 15 is 0 Å². The summed E-state index contributed by atoms with van der Waals surface area (Å²) in [5, 5.41) is 5.85. The van der Waals surface area contributed by atoms with Crippen LogP contribution in [0.4, 0.5) is 11.4 Å². The molecule has 0 bridgehead atoms. The van der Waals surface area contributed by atoms with Gasteiger partial charge in [0.05, 0.1) is 12.8 Å². The summed E-state index contributed by atoms with van der Waals surface area (Å²) in [6, 6.07) is 12.7. The predicted molar refractivity (Wildman–Crippen MR) is 84.6 cm³/mol. The summed E-state index contributed by atoms with van der Waals surface area (Å²) in [6.07, 6.45) is 0. The first-order valence-corrected chi connectivity index (χ1v) is 6.86. The first-order valence-electron chi connectivity index (χ1n) is 6.06. The summed E-state index contributed by atoms with van der Waals surface area (Å²) in [6.45, 7) is 0. The minimum absolute atomic E-state index is 0.177. The van der Waals surface area contributed by atoms with E-state index < -0.39 is 0 Å². The third-order valence-corrected chi connectivity index (χ3v) is 3.34. The van der Waals surface area contributed by atoms with E-state index in [0.29, 0.717) is 17.0 Å². The van der Waals surface area contributed by atoms with Crippen LogP contribution < -0.4 is 15.4 Å². The number of rotatable bonds is 4. The van der Waals surface area contributed by atoms with Gasteiger partial charge in [-0.2, -0.15) is 0 Å². The Labute approximate surface area is 126 Å². The molecule has 0 unspecified atom stereocenters. The van der Waals surface area contributed by atoms with E-state index in [1.807, 2.05) is 25.2 Å². The molecule has 0 aliphatic carbocycles. The van der Waals surface area contributed by atoms with Crippen molar-refractivity contribution in [1.82, 2.24) is 0 Å². The fourth-order valence-corrected chi connectivity index (χ4v) is 2.12. The Morgan fingerprint density at radius 3 is 2.45 bits per heavy atom. The number of carbonyl (C=O) groups is 1. The van der Waals surface area contributed by atoms with Crippen molar-refractivity contribution in [1.29, 1.82) is 0 Å². The van der Waals surface area contributed by atoms with E-state index in [-0.39, 0.29) is 5.91 Å². The molecule has 5 heteroatoms. The van der Waals surface area contributed by atoms with Crippen molar-refractivity contribution in [3.63, 3.8) is 0 Å². The van der Waals surface area contributed by atoms with E-state index in [4.69, 9.17) is 4.74 Å². The Morgan fingerprint density at radius 1 is 1.15 bits per heavy atom. The molecular weight excluding hydrogens is 320 g/mol. The molecule has 0 aliphatic heterocycles. The van der Waals surface area contributed by atoms with Gasteiger partial charge in [-0.1, -0.05) is 15.9 Å². The Bertz CT molecular complexity index is 612. The zero-order valence-corrected chi connectivity index (χ0v) is 12.8. The molecule has 20 heavy (non-hydrogen) atoms. The molecule has 0 heterocycles. The summed E-state index contributed by atoms with van der Waals surface area (Å²) in [5.74, 6) is 0.442. The van der Waals surface area contributed by atoms with Crippen LogP contribution in [0.3, 0.4) is 0 Å². The van der Waals surface area contributed by atoms with Gasteiger partial charge in [0.1, 0.15) is 5.75 Å². The van der Waals surface area contributed by atoms with Gasteiger partial charge in [0, 0.05) is 22.8 Å². The number of benzene rings is 2. The van der Waals surface area contributed by atoms with Crippen molar-refractivity contribution in [2.24, 2.45) is 0 Å². The summed E-state index contributed by atoms with van der Waals surface area (Å²) in [4.78, 5) is 12.2. The van der Waals surface area contributed by atoms with E-state index in [9.17, 15) is 4.79 Å². The predicted octanol–water partition coefficient (Wildman–Crippen LogP) is 3.75. The maximum atomic E-state index is 12.2. The Kier molecular flexibility index (Phi) is 4.63. The second kappa shape index (κ2) is 6.43. The van der Waals surface area contributed by atoms with Gasteiger partial charge in [-0.05, 0) is 42.5 Å². The van der Waals surface area contributed by atoms with Crippen LogP contribution in [0.15, 0.2) is 46.9 Å². The fourth-order valence-electron chi connectivity index (χ4n) is 1.76. The number of methoxy groups -OCH3 is 1. The minimum Gasteiger partial charge on any atom is -0.495 e. The minimum atomic E-state index is -0.177. The van der Waals surface area contributed by atoms with Crippen LogP contribution in [-0.4, -0.2) is 20.1 Å². The van der Waals surface area contributed by atoms with Crippen LogP contribution in [0.2, 0.25) is 0 Å². The monoisotopic (exact) mass is 334 g/mol. The number of anilines is 2. The smallest absolute Gasteiger partial charge is 0.255 e. The molecule has 0 atom stereocenters. The lowest BCUT2D eigenvalue weighted by Gasteiger charge is -2.11. The molecule has 2 aromatic carbocycles. The average Bonchev–Trinajstić information content (AvgIpc) is 2.47. The van der Waals surface area contributed by atoms with Crippen LogP contribution >= 0.6 is 15.9 Å². The third kappa shape index (κ3) is 3.30. The highest BCUT2D eigenvalue weighted by molar-refractivity contribution is 9.10. The van der Waals surface area contributed by atoms with Crippen molar-refractivity contribution >= 4 is 33.2 Å². The molecule has 0 spiro atoms. The normalized spacial score (nSPS) is 9.95. The largest absolute Gasteiger partial charge is 0.495 e. The molecule has 2 aromatic rings. The lowest BCUT2D eigenvalue weighted by molar-refractivity contribution is 0.102. The molecule has 104 valence electrons. The summed E-state index contributed by atoms with van der Waals surface area (Å²) in [5.41, 5.74) is 2.18. The molecule has 0 aromatic heterocycles. The number of ether oxygens (including phenoxy) is 1. The van der Waals surface area contributed by atoms with Gasteiger partial charge >= 0.3 is 0 Å². The topological polar surface area (TPSA) is 50.4 Å². The third-order valence-electron chi connectivity index (χ3n) is 2.85. The molecule has 1 amide bonds. The summed E-state index contributed by atoms with van der Waals surface area (Å²) >= 11 is 3.38. The molecular formula is C15H15BrN2O2. The number of hydrogen-bond acceptors (Lipinski definition) is 3. The molecule has 0 aliphatic rings. The standard InChI is InChI=1S/C15H15BrN2O2/c1-17-12-6-3-10(4-7-12)15(19)18-13-9-11(16)5-8-14(13)20-2/h3-9,17H,1-2H3,(H,18,19). The van der Waals surface area contributed by atoms with Crippen molar-refractivity contribution in [2.45, 2.75) is 0 Å². The van der Waals surface area contributed by atoms with E-state index in [1.54, 1.807) is 31.4 Å². The van der Waals surface area contributed by atoms with Crippen LogP contribution in [-0.2, 0) is 0 Å². The molecule has 0 saturated carbocycles. The van der Waals surface area contributed by atoms with E-state index in [0.717, 1.165) is 10.2 Å². The maximum Gasteiger partial charge on any atom is 0.255 e. The summed E-state index contributed by atoms with van der Waals surface area (Å²) < 4.78 is 6.10. The fraction of sp³-hybridized carbons (Fsp3) is 0.133. The maximum absolute atomic E-state index is 12.2. The number of carbonyl (C=O) groups excluding carboxylic acids is 1. The Hall–Kier alpha value is -2.01. The van der Waals surface area contributed by atoms with E-state index in [1.165, 1.54) is 0 Å². The second-order valence-corrected chi connectivity index (χ2v) is 5.04. The van der Waals surface area contributed by atoms with Crippen molar-refractivity contribution in [2.75, 3.05) is 24.8 Å². The highest BCUT2D eigenvalue weighted by Crippen LogP contribution is 2.28. The van der Waals surface area contributed by atoms with Gasteiger partial charge in [-0.15, -0.1) is 0 Å². The van der Waals surface area contributed by atoms with Crippen LogP contribution in [0.25, 0.3) is 0 Å². The molecule has 2 rings (SSSR count). The molecule has 0 saturated heterocycles. The lowest BCUT2D eigenvalue weighted by atomic mass is 10.2. The van der Waals surface area contributed by atoms with Crippen LogP contribution in [0.1, 0.15) is 10.4 Å². The van der Waals surface area contributed by atoms with E-state index in [2.05, 4.69) is 26.6 Å². The number of amides is 1. The van der Waals surface area contributed by atoms with Gasteiger partial charge in [-0.3, -0.25) is 4.79 Å². The number of halogens is 1. The SMILES string of the molecule is CNc1ccc(C(=O)Nc2cc(Br)ccc2OC)cc1. The Balaban J connectivity index is 2.20. The van der Waals surface area contributed by atoms with Crippen LogP contribution in [0, 0.1) is 0 Å². The van der Waals surface area contributed by atoms with Gasteiger partial charge in [-0.25, -0.2) is 0 Å². The molecule has 2 N–H and O–H groups in total. The van der Waals surface area contributed by atoms with Crippen LogP contribution in [0.5, 0.6) is 5.75 Å². The van der Waals surface area contributed by atoms with Crippen molar-refractivity contribution in [3.05, 3.63) is 52.5 Å². The molecule has 4 nitrogen and oxygen atoms in total. The molecule has 0 fully saturated rings. The van der Waals surface area contributed by atoms with Crippen molar-refractivity contribution < 1.29 is 9.53 Å². The zero-order valence-electron chi connectivity index (χ0n) is 11.2. The molecule has 0 radical (unpaired) electrons.